The number of carbonyl (C=O) groups is 9. The lowest BCUT2D eigenvalue weighted by Crippen LogP contribution is -2.41. The van der Waals surface area contributed by atoms with Crippen LogP contribution in [0.25, 0.3) is 0 Å². The number of rotatable bonds is 60. The summed E-state index contributed by atoms with van der Waals surface area (Å²) in [4.78, 5) is 111. The molecule has 26 nitrogen and oxygen atoms in total. The number of hydroxylamine groups is 1. The number of ether oxygens (including phenoxy) is 7. The van der Waals surface area contributed by atoms with Crippen LogP contribution in [0.4, 0.5) is 0 Å². The molecule has 9 N–H and O–H groups in total. The van der Waals surface area contributed by atoms with Crippen LogP contribution >= 0.6 is 9.24 Å². The van der Waals surface area contributed by atoms with Gasteiger partial charge in [-0.3, -0.25) is 43.2 Å². The number of carboxylic acid groups (broad SMARTS) is 2. The molecule has 0 saturated carbocycles. The molecular weight excluding hydrogens is 1070 g/mol. The van der Waals surface area contributed by atoms with Crippen LogP contribution in [0.15, 0.2) is 0 Å². The third-order valence-electron chi connectivity index (χ3n) is 11.6. The highest BCUT2D eigenvalue weighted by molar-refractivity contribution is 7.40. The number of likely N-dealkylation sites (N-methyl/N-ethyl adjacent to an activating group) is 1. The third kappa shape index (κ3) is 54.1. The van der Waals surface area contributed by atoms with E-state index in [1.165, 1.54) is 38.5 Å². The second-order valence-corrected chi connectivity index (χ2v) is 19.2. The zero-order valence-electron chi connectivity index (χ0n) is 47.6. The summed E-state index contributed by atoms with van der Waals surface area (Å²) in [6.45, 7) is 4.79. The van der Waals surface area contributed by atoms with Crippen molar-refractivity contribution >= 4 is 62.1 Å². The Labute approximate surface area is 475 Å². The van der Waals surface area contributed by atoms with Gasteiger partial charge in [-0.2, -0.15) is 0 Å². The van der Waals surface area contributed by atoms with Gasteiger partial charge < -0.3 is 75.3 Å². The van der Waals surface area contributed by atoms with Crippen molar-refractivity contribution in [2.24, 2.45) is 0 Å². The number of aliphatic carboxylic acids is 2. The van der Waals surface area contributed by atoms with E-state index in [2.05, 4.69) is 46.6 Å². The summed E-state index contributed by atoms with van der Waals surface area (Å²) in [6, 6.07) is -1.34. The van der Waals surface area contributed by atoms with E-state index >= 15 is 0 Å². The van der Waals surface area contributed by atoms with Gasteiger partial charge in [-0.05, 0) is 45.1 Å². The summed E-state index contributed by atoms with van der Waals surface area (Å²) >= 11 is 0. The molecule has 0 spiro atoms. The second kappa shape index (κ2) is 56.4. The molecule has 0 radical (unpaired) electrons. The van der Waals surface area contributed by atoms with E-state index < -0.39 is 23.9 Å². The van der Waals surface area contributed by atoms with Crippen LogP contribution in [0, 0.1) is 0 Å². The molecule has 0 aliphatic heterocycles. The lowest BCUT2D eigenvalue weighted by molar-refractivity contribution is -0.142. The Balaban J connectivity index is 3.60. The van der Waals surface area contributed by atoms with Crippen LogP contribution in [-0.4, -0.2) is 207 Å². The van der Waals surface area contributed by atoms with Gasteiger partial charge in [0.05, 0.1) is 78.7 Å². The fraction of sp³-hybridized carbons (Fsp3) is 0.830. The van der Waals surface area contributed by atoms with Crippen molar-refractivity contribution in [1.29, 1.82) is 0 Å². The van der Waals surface area contributed by atoms with Gasteiger partial charge in [0.15, 0.2) is 5.52 Å². The first kappa shape index (κ1) is 75.5. The smallest absolute Gasteiger partial charge is 0.326 e. The zero-order valence-corrected chi connectivity index (χ0v) is 48.7. The van der Waals surface area contributed by atoms with Crippen LogP contribution in [0.1, 0.15) is 142 Å². The molecule has 1 unspecified atom stereocenters. The van der Waals surface area contributed by atoms with Crippen molar-refractivity contribution in [3.63, 3.8) is 0 Å². The minimum atomic E-state index is -1.20. The van der Waals surface area contributed by atoms with E-state index in [9.17, 15) is 48.3 Å². The summed E-state index contributed by atoms with van der Waals surface area (Å²) in [5.74, 6) is -4.13. The average molecular weight is 1170 g/mol. The summed E-state index contributed by atoms with van der Waals surface area (Å²) < 4.78 is 37.2. The van der Waals surface area contributed by atoms with Crippen LogP contribution in [0.3, 0.4) is 0 Å². The van der Waals surface area contributed by atoms with E-state index in [0.717, 1.165) is 64.3 Å². The van der Waals surface area contributed by atoms with Gasteiger partial charge in [0, 0.05) is 45.4 Å². The number of carboxylic acids is 2. The first-order chi connectivity index (χ1) is 38.7. The molecule has 0 aromatic carbocycles. The Hall–Kier alpha value is -4.50. The van der Waals surface area contributed by atoms with Gasteiger partial charge >= 0.3 is 11.9 Å². The van der Waals surface area contributed by atoms with Crippen molar-refractivity contribution in [2.45, 2.75) is 154 Å². The molecule has 0 saturated heterocycles. The van der Waals surface area contributed by atoms with Crippen LogP contribution < -0.4 is 37.4 Å². The number of amides is 6. The molecule has 6 amide bonds. The van der Waals surface area contributed by atoms with Crippen LogP contribution in [0.5, 0.6) is 0 Å². The predicted octanol–water partition coefficient (Wildman–Crippen LogP) is 1.84. The Morgan fingerprint density at radius 2 is 0.787 bits per heavy atom. The molecule has 0 aliphatic carbocycles. The molecule has 0 aromatic rings. The number of carbonyl (C=O) groups excluding carboxylic acids is 7. The summed E-state index contributed by atoms with van der Waals surface area (Å²) in [5, 5.41) is 34.6. The first-order valence-electron chi connectivity index (χ1n) is 28.5. The number of hydrogen-bond acceptors (Lipinski definition) is 18. The molecule has 0 bridgehead atoms. The number of hydrogen-bond donors (Lipinski definition) is 9. The lowest BCUT2D eigenvalue weighted by Gasteiger charge is -2.14. The fourth-order valence-corrected chi connectivity index (χ4v) is 7.67. The van der Waals surface area contributed by atoms with Crippen LogP contribution in [-0.2, 0) is 81.1 Å². The van der Waals surface area contributed by atoms with Crippen molar-refractivity contribution in [3.8, 4) is 0 Å². The molecule has 80 heavy (non-hydrogen) atoms. The molecule has 464 valence electrons. The normalized spacial score (nSPS) is 11.8. The van der Waals surface area contributed by atoms with Gasteiger partial charge in [0.2, 0.25) is 29.5 Å². The molecular formula is C53H98N7O19P. The van der Waals surface area contributed by atoms with Gasteiger partial charge in [0.1, 0.15) is 32.5 Å². The lowest BCUT2D eigenvalue weighted by atomic mass is 10.0. The first-order valence-corrected chi connectivity index (χ1v) is 29.1. The Morgan fingerprint density at radius 3 is 1.23 bits per heavy atom. The molecule has 3 atom stereocenters. The monoisotopic (exact) mass is 1170 g/mol. The van der Waals surface area contributed by atoms with Gasteiger partial charge in [0.25, 0.3) is 5.91 Å². The van der Waals surface area contributed by atoms with Crippen molar-refractivity contribution in [3.05, 3.63) is 0 Å². The topological polar surface area (TPSA) is 352 Å². The van der Waals surface area contributed by atoms with Crippen molar-refractivity contribution < 1.29 is 91.4 Å². The van der Waals surface area contributed by atoms with E-state index in [1.807, 2.05) is 6.92 Å². The van der Waals surface area contributed by atoms with Crippen molar-refractivity contribution in [2.75, 3.05) is 132 Å². The van der Waals surface area contributed by atoms with E-state index in [1.54, 1.807) is 0 Å². The Morgan fingerprint density at radius 1 is 0.388 bits per heavy atom. The molecule has 0 fully saturated rings. The average Bonchev–Trinajstić information content (AvgIpc) is 3.42. The van der Waals surface area contributed by atoms with Crippen LogP contribution in [0.2, 0.25) is 0 Å². The second-order valence-electron chi connectivity index (χ2n) is 18.7. The SMILES string of the molecule is CCN[C@@H](CCCCNC(=O)COCCOCCNC(=O)COCCOCCNC(=O)COCCONC(=O)COCCOCCNC(=O)CC[C@H](NC(=O)CCCCCCCCCCCCCCCCC(=O)O)C(=O)O)C(=O)P. The molecule has 0 aliphatic rings. The zero-order chi connectivity index (χ0) is 58.9. The van der Waals surface area contributed by atoms with E-state index in [-0.39, 0.29) is 186 Å². The largest absolute Gasteiger partial charge is 0.481 e. The third-order valence-corrected chi connectivity index (χ3v) is 12.0. The minimum Gasteiger partial charge on any atom is -0.481 e. The number of nitrogens with one attached hydrogen (secondary N) is 7. The fourth-order valence-electron chi connectivity index (χ4n) is 7.39. The minimum absolute atomic E-state index is 0.0239. The summed E-state index contributed by atoms with van der Waals surface area (Å²) in [5.41, 5.74) is 2.22. The van der Waals surface area contributed by atoms with E-state index in [0.29, 0.717) is 19.4 Å². The molecule has 0 rings (SSSR count). The highest BCUT2D eigenvalue weighted by Crippen LogP contribution is 2.14. The molecule has 0 aromatic heterocycles. The van der Waals surface area contributed by atoms with Crippen molar-refractivity contribution in [1.82, 2.24) is 37.4 Å². The quantitative estimate of drug-likeness (QED) is 0.0238. The van der Waals surface area contributed by atoms with Gasteiger partial charge in [-0.25, -0.2) is 10.3 Å². The maximum atomic E-state index is 12.4. The number of unbranched alkanes of at least 4 members (excludes halogenated alkanes) is 14. The summed E-state index contributed by atoms with van der Waals surface area (Å²) in [6.07, 6.45) is 17.5. The maximum Gasteiger partial charge on any atom is 0.326 e. The Bertz CT molecular complexity index is 1660. The highest BCUT2D eigenvalue weighted by atomic mass is 31.0. The maximum absolute atomic E-state index is 12.4. The van der Waals surface area contributed by atoms with Gasteiger partial charge in [-0.1, -0.05) is 93.2 Å². The standard InChI is InChI=1S/C53H98N7O19P/c1-2-54-44(53(71)80)19-17-18-24-55-47(63)39-75-34-31-73-29-26-57-48(64)40-76-35-32-74-30-27-58-49(65)41-78-37-38-79-60-50(66)42-77-36-33-72-28-25-56-45(61)23-22-43(52(69)70)59-46(62)20-15-13-11-9-7-5-3-4-6-8-10-12-14-16-21-51(67)68/h43-44,54H,2-42,80H2,1H3,(H,55,63)(H,56,61)(H,57,64)(H,58,65)(H,59,62)(H,60,66)(H,67,68)(H,69,70)/t43-,44-/m0/s1. The Kier molecular flexibility index (Phi) is 53.2. The van der Waals surface area contributed by atoms with E-state index in [4.69, 9.17) is 43.1 Å². The summed E-state index contributed by atoms with van der Waals surface area (Å²) in [7, 11) is 2.20. The molecule has 0 heterocycles. The highest BCUT2D eigenvalue weighted by Gasteiger charge is 2.21. The molecule has 27 heteroatoms. The van der Waals surface area contributed by atoms with Gasteiger partial charge in [-0.15, -0.1) is 0 Å². The predicted molar refractivity (Wildman–Crippen MR) is 298 cm³/mol.